The van der Waals surface area contributed by atoms with Crippen LogP contribution in [0.15, 0.2) is 11.8 Å². The molecule has 2 saturated carbocycles. The van der Waals surface area contributed by atoms with Crippen molar-refractivity contribution in [1.82, 2.24) is 25.1 Å². The van der Waals surface area contributed by atoms with Gasteiger partial charge in [-0.1, -0.05) is 19.3 Å². The Balaban J connectivity index is 1.04. The summed E-state index contributed by atoms with van der Waals surface area (Å²) in [4.78, 5) is 39.3. The molecule has 2 amide bonds. The fourth-order valence-electron chi connectivity index (χ4n) is 7.58. The topological polar surface area (TPSA) is 99.7 Å². The number of piperidine rings is 1. The zero-order valence-corrected chi connectivity index (χ0v) is 23.8. The number of nitrogens with zero attached hydrogens (tertiary/aromatic N) is 4. The Kier molecular flexibility index (Phi) is 7.06. The summed E-state index contributed by atoms with van der Waals surface area (Å²) in [5, 5.41) is 6.82. The van der Waals surface area contributed by atoms with Gasteiger partial charge in [0.15, 0.2) is 0 Å². The van der Waals surface area contributed by atoms with Crippen molar-refractivity contribution in [1.29, 1.82) is 0 Å². The van der Waals surface area contributed by atoms with Gasteiger partial charge in [0.05, 0.1) is 5.69 Å². The molecule has 0 radical (unpaired) electrons. The number of nitrogens with one attached hydrogen (secondary N) is 2. The van der Waals surface area contributed by atoms with Crippen molar-refractivity contribution >= 4 is 24.0 Å². The van der Waals surface area contributed by atoms with E-state index in [-0.39, 0.29) is 23.3 Å². The summed E-state index contributed by atoms with van der Waals surface area (Å²) in [5.74, 6) is 0.865. The van der Waals surface area contributed by atoms with Crippen LogP contribution in [0.25, 0.3) is 6.08 Å². The van der Waals surface area contributed by atoms with Crippen LogP contribution >= 0.6 is 0 Å². The first kappa shape index (κ1) is 26.5. The summed E-state index contributed by atoms with van der Waals surface area (Å²) in [7, 11) is 0. The van der Waals surface area contributed by atoms with Crippen LogP contribution in [0.5, 0.6) is 0 Å². The number of piperazine rings is 1. The van der Waals surface area contributed by atoms with Crippen LogP contribution in [0, 0.1) is 5.41 Å². The van der Waals surface area contributed by atoms with Crippen LogP contribution in [-0.4, -0.2) is 82.2 Å². The van der Waals surface area contributed by atoms with E-state index in [2.05, 4.69) is 20.5 Å². The molecule has 4 fully saturated rings. The van der Waals surface area contributed by atoms with Gasteiger partial charge in [0, 0.05) is 73.5 Å². The van der Waals surface area contributed by atoms with Crippen LogP contribution in [0.1, 0.15) is 95.7 Å². The lowest BCUT2D eigenvalue weighted by Crippen LogP contribution is -2.53. The van der Waals surface area contributed by atoms with E-state index in [1.165, 1.54) is 19.3 Å². The highest BCUT2D eigenvalue weighted by molar-refractivity contribution is 6.02. The molecule has 9 nitrogen and oxygen atoms in total. The van der Waals surface area contributed by atoms with Crippen molar-refractivity contribution in [3.8, 4) is 0 Å². The van der Waals surface area contributed by atoms with Gasteiger partial charge < -0.3 is 20.3 Å². The minimum absolute atomic E-state index is 0.0638. The summed E-state index contributed by atoms with van der Waals surface area (Å²) < 4.78 is 5.55. The molecule has 39 heavy (non-hydrogen) atoms. The Hall–Kier alpha value is -2.68. The maximum atomic E-state index is 12.8. The molecule has 1 aromatic rings. The Morgan fingerprint density at radius 3 is 2.49 bits per heavy atom. The van der Waals surface area contributed by atoms with Gasteiger partial charge in [-0.15, -0.1) is 0 Å². The zero-order valence-electron chi connectivity index (χ0n) is 23.8. The van der Waals surface area contributed by atoms with Crippen LogP contribution in [0.4, 0.5) is 10.7 Å². The minimum Gasteiger partial charge on any atom is -0.444 e. The number of carbonyl (C=O) groups is 2. The van der Waals surface area contributed by atoms with Gasteiger partial charge in [0.1, 0.15) is 5.60 Å². The number of amides is 2. The molecule has 0 bridgehead atoms. The summed E-state index contributed by atoms with van der Waals surface area (Å²) in [6, 6.07) is 0.915. The average Bonchev–Trinajstić information content (AvgIpc) is 3.32. The summed E-state index contributed by atoms with van der Waals surface area (Å²) in [5.41, 5.74) is 2.59. The highest BCUT2D eigenvalue weighted by Crippen LogP contribution is 2.55. The molecule has 2 aliphatic heterocycles. The molecular weight excluding hydrogens is 492 g/mol. The van der Waals surface area contributed by atoms with Crippen molar-refractivity contribution in [2.75, 3.05) is 38.0 Å². The summed E-state index contributed by atoms with van der Waals surface area (Å²) in [6.45, 7) is 9.77. The molecule has 1 aromatic heterocycles. The fraction of sp³-hybridized carbons (Fsp3) is 0.733. The van der Waals surface area contributed by atoms with E-state index in [1.807, 2.05) is 37.9 Å². The van der Waals surface area contributed by atoms with E-state index in [4.69, 9.17) is 9.72 Å². The average molecular weight is 537 g/mol. The number of carbonyl (C=O) groups excluding carboxylic acids is 2. The second-order valence-corrected chi connectivity index (χ2v) is 13.3. The monoisotopic (exact) mass is 536 g/mol. The van der Waals surface area contributed by atoms with E-state index < -0.39 is 5.60 Å². The third kappa shape index (κ3) is 5.39. The van der Waals surface area contributed by atoms with Gasteiger partial charge in [-0.2, -0.15) is 0 Å². The van der Waals surface area contributed by atoms with E-state index in [9.17, 15) is 9.59 Å². The molecule has 3 heterocycles. The first-order chi connectivity index (χ1) is 18.7. The molecule has 2 N–H and O–H groups in total. The predicted molar refractivity (Wildman–Crippen MR) is 150 cm³/mol. The van der Waals surface area contributed by atoms with Gasteiger partial charge in [-0.05, 0) is 65.4 Å². The van der Waals surface area contributed by atoms with Crippen molar-refractivity contribution in [3.63, 3.8) is 0 Å². The first-order valence-corrected chi connectivity index (χ1v) is 15.1. The molecule has 6 rings (SSSR count). The number of aromatic nitrogens is 2. The number of fused-ring (bicyclic) bond motifs is 4. The third-order valence-electron chi connectivity index (χ3n) is 9.58. The zero-order chi connectivity index (χ0) is 27.2. The maximum Gasteiger partial charge on any atom is 0.410 e. The van der Waals surface area contributed by atoms with Crippen LogP contribution < -0.4 is 10.6 Å². The Bertz CT molecular complexity index is 1120. The third-order valence-corrected chi connectivity index (χ3v) is 9.58. The molecule has 0 aromatic carbocycles. The van der Waals surface area contributed by atoms with Crippen molar-refractivity contribution < 1.29 is 14.3 Å². The number of ether oxygens (including phenoxy) is 1. The molecule has 1 spiro atoms. The normalized spacial score (nSPS) is 28.8. The Labute approximate surface area is 232 Å². The van der Waals surface area contributed by atoms with E-state index in [0.717, 1.165) is 88.1 Å². The second-order valence-electron chi connectivity index (χ2n) is 13.3. The highest BCUT2D eigenvalue weighted by atomic mass is 16.6. The number of hydrogen-bond donors (Lipinski definition) is 2. The molecule has 1 atom stereocenters. The van der Waals surface area contributed by atoms with Crippen molar-refractivity contribution in [2.45, 2.75) is 102 Å². The number of hydrogen-bond acceptors (Lipinski definition) is 7. The molecule has 9 heteroatoms. The van der Waals surface area contributed by atoms with Gasteiger partial charge >= 0.3 is 6.09 Å². The van der Waals surface area contributed by atoms with Crippen molar-refractivity contribution in [2.24, 2.45) is 5.41 Å². The predicted octanol–water partition coefficient (Wildman–Crippen LogP) is 4.31. The molecule has 2 saturated heterocycles. The maximum absolute atomic E-state index is 12.8. The van der Waals surface area contributed by atoms with Gasteiger partial charge in [-0.25, -0.2) is 14.8 Å². The van der Waals surface area contributed by atoms with Crippen LogP contribution in [0.3, 0.4) is 0 Å². The van der Waals surface area contributed by atoms with E-state index >= 15 is 0 Å². The summed E-state index contributed by atoms with van der Waals surface area (Å²) in [6.07, 6.45) is 14.2. The van der Waals surface area contributed by atoms with Gasteiger partial charge in [-0.3, -0.25) is 9.69 Å². The smallest absolute Gasteiger partial charge is 0.410 e. The highest BCUT2D eigenvalue weighted by Gasteiger charge is 2.51. The molecule has 212 valence electrons. The second kappa shape index (κ2) is 10.4. The fourth-order valence-corrected chi connectivity index (χ4v) is 7.58. The quantitative estimate of drug-likeness (QED) is 0.594. The van der Waals surface area contributed by atoms with E-state index in [1.54, 1.807) is 0 Å². The lowest BCUT2D eigenvalue weighted by atomic mass is 9.61. The lowest BCUT2D eigenvalue weighted by Gasteiger charge is -2.46. The van der Waals surface area contributed by atoms with Gasteiger partial charge in [0.2, 0.25) is 11.9 Å². The van der Waals surface area contributed by atoms with Gasteiger partial charge in [0.25, 0.3) is 0 Å². The lowest BCUT2D eigenvalue weighted by molar-refractivity contribution is -0.120. The SMILES string of the molecule is CC(C)(C)OC(=O)N1CCN(C2CCC(Nc3ncc4c(n3)C3C(=C4)C(=O)NCC34CCCCC4)CC2)CC1. The first-order valence-electron chi connectivity index (χ1n) is 15.1. The summed E-state index contributed by atoms with van der Waals surface area (Å²) >= 11 is 0. The molecule has 5 aliphatic rings. The minimum atomic E-state index is -0.455. The molecule has 3 aliphatic carbocycles. The number of anilines is 1. The van der Waals surface area contributed by atoms with Crippen molar-refractivity contribution in [3.05, 3.63) is 23.0 Å². The Morgan fingerprint density at radius 2 is 1.79 bits per heavy atom. The van der Waals surface area contributed by atoms with Crippen LogP contribution in [-0.2, 0) is 9.53 Å². The largest absolute Gasteiger partial charge is 0.444 e. The van der Waals surface area contributed by atoms with Crippen LogP contribution in [0.2, 0.25) is 0 Å². The molecule has 1 unspecified atom stereocenters. The molecular formula is C30H44N6O3. The standard InChI is InChI=1S/C30H44N6O3/c1-29(2,3)39-28(38)36-15-13-35(14-16-36)22-9-7-21(8-10-22)33-27-31-18-20-17-23-24(25(20)34-27)30(19-32-26(23)37)11-5-4-6-12-30/h17-18,21-22,24H,4-16,19H2,1-3H3,(H,32,37)(H,31,33,34). The van der Waals surface area contributed by atoms with E-state index in [0.29, 0.717) is 18.0 Å². The number of rotatable bonds is 3. The Morgan fingerprint density at radius 1 is 1.08 bits per heavy atom.